The molecule has 0 saturated heterocycles. The molecule has 3 nitrogen and oxygen atoms in total. The van der Waals surface area contributed by atoms with Crippen molar-refractivity contribution < 1.29 is 9.59 Å². The summed E-state index contributed by atoms with van der Waals surface area (Å²) < 4.78 is 0. The van der Waals surface area contributed by atoms with Gasteiger partial charge in [-0.05, 0) is 38.7 Å². The van der Waals surface area contributed by atoms with Gasteiger partial charge in [0.15, 0.2) is 0 Å². The smallest absolute Gasteiger partial charge is 0.262 e. The molecule has 3 rings (SSSR count). The maximum absolute atomic E-state index is 12.5. The van der Waals surface area contributed by atoms with E-state index in [0.29, 0.717) is 17.7 Å². The van der Waals surface area contributed by atoms with E-state index in [2.05, 4.69) is 30.3 Å². The predicted molar refractivity (Wildman–Crippen MR) is 116 cm³/mol. The van der Waals surface area contributed by atoms with Crippen molar-refractivity contribution >= 4 is 23.2 Å². The number of unbranched alkanes of at least 4 members (excludes halogenated alkanes) is 7. The van der Waals surface area contributed by atoms with E-state index >= 15 is 0 Å². The first-order valence-corrected chi connectivity index (χ1v) is 11.4. The van der Waals surface area contributed by atoms with Crippen molar-refractivity contribution in [2.75, 3.05) is 6.54 Å². The van der Waals surface area contributed by atoms with Crippen molar-refractivity contribution in [3.63, 3.8) is 0 Å². The van der Waals surface area contributed by atoms with Crippen LogP contribution in [0.4, 0.5) is 0 Å². The molecule has 0 N–H and O–H groups in total. The fourth-order valence-electron chi connectivity index (χ4n) is 4.07. The Balaban J connectivity index is 1.24. The van der Waals surface area contributed by atoms with Gasteiger partial charge >= 0.3 is 0 Å². The monoisotopic (exact) mass is 397 g/mol. The summed E-state index contributed by atoms with van der Waals surface area (Å²) in [5.74, 6) is -0.166. The lowest BCUT2D eigenvalue weighted by atomic mass is 10.0. The number of aryl methyl sites for hydroxylation is 3. The number of hydrogen-bond donors (Lipinski definition) is 0. The lowest BCUT2D eigenvalue weighted by molar-refractivity contribution is 0.0651. The molecule has 0 saturated carbocycles. The second-order valence-electron chi connectivity index (χ2n) is 7.79. The van der Waals surface area contributed by atoms with Crippen LogP contribution in [0.15, 0.2) is 30.3 Å². The van der Waals surface area contributed by atoms with Crippen LogP contribution in [0.5, 0.6) is 0 Å². The number of benzene rings is 1. The number of rotatable bonds is 11. The molecule has 2 aromatic rings. The van der Waals surface area contributed by atoms with Gasteiger partial charge in [0.2, 0.25) is 0 Å². The molecular weight excluding hydrogens is 366 g/mol. The molecule has 28 heavy (non-hydrogen) atoms. The van der Waals surface area contributed by atoms with Gasteiger partial charge in [-0.15, -0.1) is 11.3 Å². The van der Waals surface area contributed by atoms with E-state index in [9.17, 15) is 9.59 Å². The van der Waals surface area contributed by atoms with Crippen molar-refractivity contribution in [2.45, 2.75) is 71.6 Å². The summed E-state index contributed by atoms with van der Waals surface area (Å²) >= 11 is 1.55. The third kappa shape index (κ3) is 4.91. The van der Waals surface area contributed by atoms with Crippen LogP contribution >= 0.6 is 11.3 Å². The Morgan fingerprint density at radius 3 is 1.79 bits per heavy atom. The van der Waals surface area contributed by atoms with Crippen molar-refractivity contribution in [3.05, 3.63) is 56.8 Å². The molecule has 1 aromatic carbocycles. The Morgan fingerprint density at radius 2 is 1.21 bits per heavy atom. The molecule has 1 aliphatic rings. The third-order valence-corrected chi connectivity index (χ3v) is 6.64. The van der Waals surface area contributed by atoms with E-state index in [1.807, 2.05) is 13.8 Å². The fourth-order valence-corrected chi connectivity index (χ4v) is 5.11. The van der Waals surface area contributed by atoms with Crippen LogP contribution in [0.3, 0.4) is 0 Å². The Labute approximate surface area is 172 Å². The van der Waals surface area contributed by atoms with Gasteiger partial charge in [-0.25, -0.2) is 0 Å². The molecule has 1 aliphatic heterocycles. The second kappa shape index (κ2) is 10.0. The molecule has 0 aliphatic carbocycles. The van der Waals surface area contributed by atoms with Crippen LogP contribution in [0.25, 0.3) is 0 Å². The summed E-state index contributed by atoms with van der Waals surface area (Å²) in [7, 11) is 0. The zero-order chi connectivity index (χ0) is 19.9. The SMILES string of the molecule is Cc1sc(C)c2c1C(=O)N(CCCCCCCCCCc1ccccc1)C2=O. The summed E-state index contributed by atoms with van der Waals surface area (Å²) in [6.45, 7) is 4.43. The maximum Gasteiger partial charge on any atom is 0.262 e. The summed E-state index contributed by atoms with van der Waals surface area (Å²) in [6.07, 6.45) is 10.8. The Morgan fingerprint density at radius 1 is 0.714 bits per heavy atom. The van der Waals surface area contributed by atoms with E-state index in [1.165, 1.54) is 55.4 Å². The summed E-state index contributed by atoms with van der Waals surface area (Å²) in [4.78, 5) is 28.4. The molecule has 4 heteroatoms. The van der Waals surface area contributed by atoms with Crippen LogP contribution in [0, 0.1) is 13.8 Å². The number of carbonyl (C=O) groups excluding carboxylic acids is 2. The molecule has 1 aromatic heterocycles. The molecule has 0 radical (unpaired) electrons. The number of nitrogens with zero attached hydrogens (tertiary/aromatic N) is 1. The van der Waals surface area contributed by atoms with Crippen molar-refractivity contribution in [1.82, 2.24) is 4.90 Å². The topological polar surface area (TPSA) is 37.4 Å². The average Bonchev–Trinajstić information content (AvgIpc) is 3.13. The molecule has 0 unspecified atom stereocenters. The summed E-state index contributed by atoms with van der Waals surface area (Å²) in [5.41, 5.74) is 2.75. The Kier molecular flexibility index (Phi) is 7.43. The lowest BCUT2D eigenvalue weighted by Gasteiger charge is -2.14. The van der Waals surface area contributed by atoms with Crippen LogP contribution < -0.4 is 0 Å². The van der Waals surface area contributed by atoms with Gasteiger partial charge in [0.1, 0.15) is 0 Å². The van der Waals surface area contributed by atoms with Gasteiger partial charge in [0.25, 0.3) is 11.8 Å². The Hall–Kier alpha value is -1.94. The van der Waals surface area contributed by atoms with E-state index in [1.54, 1.807) is 11.3 Å². The number of hydrogen-bond acceptors (Lipinski definition) is 3. The highest BCUT2D eigenvalue weighted by Gasteiger charge is 2.39. The minimum Gasteiger partial charge on any atom is -0.274 e. The molecule has 2 amide bonds. The predicted octanol–water partition coefficient (Wildman–Crippen LogP) is 6.32. The second-order valence-corrected chi connectivity index (χ2v) is 9.22. The third-order valence-electron chi connectivity index (χ3n) is 5.62. The van der Waals surface area contributed by atoms with Crippen molar-refractivity contribution in [2.24, 2.45) is 0 Å². The van der Waals surface area contributed by atoms with Crippen molar-refractivity contribution in [1.29, 1.82) is 0 Å². The number of imide groups is 1. The van der Waals surface area contributed by atoms with Gasteiger partial charge in [-0.3, -0.25) is 14.5 Å². The first kappa shape index (κ1) is 20.8. The normalized spacial score (nSPS) is 13.4. The summed E-state index contributed by atoms with van der Waals surface area (Å²) in [5, 5.41) is 0. The molecule has 0 spiro atoms. The highest BCUT2D eigenvalue weighted by atomic mass is 32.1. The van der Waals surface area contributed by atoms with Gasteiger partial charge in [0.05, 0.1) is 11.1 Å². The number of thiophene rings is 1. The first-order chi connectivity index (χ1) is 13.6. The average molecular weight is 398 g/mol. The molecule has 2 heterocycles. The maximum atomic E-state index is 12.5. The largest absolute Gasteiger partial charge is 0.274 e. The molecule has 150 valence electrons. The van der Waals surface area contributed by atoms with Gasteiger partial charge < -0.3 is 0 Å². The molecule has 0 fully saturated rings. The minimum absolute atomic E-state index is 0.0831. The quantitative estimate of drug-likeness (QED) is 0.328. The highest BCUT2D eigenvalue weighted by molar-refractivity contribution is 7.12. The van der Waals surface area contributed by atoms with Crippen LogP contribution in [-0.2, 0) is 6.42 Å². The van der Waals surface area contributed by atoms with E-state index in [0.717, 1.165) is 22.6 Å². The first-order valence-electron chi connectivity index (χ1n) is 10.6. The molecule has 0 atom stereocenters. The van der Waals surface area contributed by atoms with Gasteiger partial charge in [0, 0.05) is 16.3 Å². The minimum atomic E-state index is -0.0831. The summed E-state index contributed by atoms with van der Waals surface area (Å²) in [6, 6.07) is 10.7. The zero-order valence-corrected chi connectivity index (χ0v) is 17.9. The van der Waals surface area contributed by atoms with Gasteiger partial charge in [-0.2, -0.15) is 0 Å². The molecular formula is C24H31NO2S. The zero-order valence-electron chi connectivity index (χ0n) is 17.1. The highest BCUT2D eigenvalue weighted by Crippen LogP contribution is 2.34. The number of fused-ring (bicyclic) bond motifs is 1. The molecule has 0 bridgehead atoms. The van der Waals surface area contributed by atoms with Gasteiger partial charge in [-0.1, -0.05) is 68.9 Å². The van der Waals surface area contributed by atoms with Crippen LogP contribution in [0.1, 0.15) is 87.4 Å². The Bertz CT molecular complexity index is 773. The van der Waals surface area contributed by atoms with Crippen LogP contribution in [0.2, 0.25) is 0 Å². The fraction of sp³-hybridized carbons (Fsp3) is 0.500. The lowest BCUT2D eigenvalue weighted by Crippen LogP contribution is -2.31. The van der Waals surface area contributed by atoms with Crippen molar-refractivity contribution in [3.8, 4) is 0 Å². The van der Waals surface area contributed by atoms with E-state index in [4.69, 9.17) is 0 Å². The van der Waals surface area contributed by atoms with Crippen LogP contribution in [-0.4, -0.2) is 23.3 Å². The number of amides is 2. The number of carbonyl (C=O) groups is 2. The van der Waals surface area contributed by atoms with E-state index in [-0.39, 0.29) is 11.8 Å². The standard InChI is InChI=1S/C24H31NO2S/c1-18-21-22(19(2)28-18)24(27)25(23(21)26)17-13-8-6-4-3-5-7-10-14-20-15-11-9-12-16-20/h9,11-12,15-16H,3-8,10,13-14,17H2,1-2H3. The van der Waals surface area contributed by atoms with E-state index < -0.39 is 0 Å².